The van der Waals surface area contributed by atoms with Gasteiger partial charge in [0.15, 0.2) is 0 Å². The maximum Gasteiger partial charge on any atom is 0.123 e. The first-order chi connectivity index (χ1) is 8.29. The van der Waals surface area contributed by atoms with Gasteiger partial charge in [0.25, 0.3) is 0 Å². The normalized spacial score (nSPS) is 10.1. The third-order valence-corrected chi connectivity index (χ3v) is 2.41. The topological polar surface area (TPSA) is 49.0 Å². The monoisotopic (exact) mass is 230 g/mol. The van der Waals surface area contributed by atoms with Crippen molar-refractivity contribution in [2.75, 3.05) is 0 Å². The Morgan fingerprint density at radius 2 is 2.18 bits per heavy atom. The Labute approximate surface area is 98.5 Å². The Bertz CT molecular complexity index is 529. The molecule has 86 valence electrons. The molecule has 0 saturated heterocycles. The first-order valence-corrected chi connectivity index (χ1v) is 5.20. The molecular weight excluding hydrogens is 219 g/mol. The van der Waals surface area contributed by atoms with E-state index in [-0.39, 0.29) is 5.82 Å². The highest BCUT2D eigenvalue weighted by Gasteiger charge is 2.03. The molecule has 0 amide bonds. The molecule has 4 heteroatoms. The van der Waals surface area contributed by atoms with Crippen molar-refractivity contribution < 1.29 is 8.81 Å². The zero-order valence-corrected chi connectivity index (χ0v) is 9.11. The van der Waals surface area contributed by atoms with E-state index in [4.69, 9.17) is 9.68 Å². The van der Waals surface area contributed by atoms with E-state index >= 15 is 0 Å². The minimum absolute atomic E-state index is 0.330. The van der Waals surface area contributed by atoms with Crippen LogP contribution < -0.4 is 5.32 Å². The third kappa shape index (κ3) is 2.92. The second-order valence-corrected chi connectivity index (χ2v) is 3.65. The van der Waals surface area contributed by atoms with E-state index in [0.29, 0.717) is 24.2 Å². The van der Waals surface area contributed by atoms with Crippen molar-refractivity contribution in [1.82, 2.24) is 5.32 Å². The van der Waals surface area contributed by atoms with E-state index in [0.717, 1.165) is 5.56 Å². The van der Waals surface area contributed by atoms with Crippen LogP contribution >= 0.6 is 0 Å². The predicted molar refractivity (Wildman–Crippen MR) is 60.4 cm³/mol. The van der Waals surface area contributed by atoms with Crippen LogP contribution in [0.5, 0.6) is 0 Å². The van der Waals surface area contributed by atoms with Gasteiger partial charge in [0, 0.05) is 18.7 Å². The predicted octanol–water partition coefficient (Wildman–Crippen LogP) is 2.58. The van der Waals surface area contributed by atoms with Gasteiger partial charge >= 0.3 is 0 Å². The highest BCUT2D eigenvalue weighted by atomic mass is 19.1. The molecule has 0 spiro atoms. The minimum atomic E-state index is -0.330. The van der Waals surface area contributed by atoms with Gasteiger partial charge in [-0.2, -0.15) is 5.26 Å². The Morgan fingerprint density at radius 3 is 2.88 bits per heavy atom. The molecule has 1 N–H and O–H groups in total. The zero-order chi connectivity index (χ0) is 12.1. The molecule has 1 aromatic heterocycles. The summed E-state index contributed by atoms with van der Waals surface area (Å²) in [6.07, 6.45) is 3.24. The highest BCUT2D eigenvalue weighted by molar-refractivity contribution is 5.37. The third-order valence-electron chi connectivity index (χ3n) is 2.41. The van der Waals surface area contributed by atoms with Crippen molar-refractivity contribution in [3.8, 4) is 6.07 Å². The lowest BCUT2D eigenvalue weighted by atomic mass is 10.1. The summed E-state index contributed by atoms with van der Waals surface area (Å²) in [5.41, 5.74) is 2.17. The quantitative estimate of drug-likeness (QED) is 0.878. The lowest BCUT2D eigenvalue weighted by Gasteiger charge is -2.05. The summed E-state index contributed by atoms with van der Waals surface area (Å²) >= 11 is 0. The summed E-state index contributed by atoms with van der Waals surface area (Å²) in [5, 5.41) is 12.0. The molecule has 0 aliphatic heterocycles. The van der Waals surface area contributed by atoms with Gasteiger partial charge < -0.3 is 9.73 Å². The zero-order valence-electron chi connectivity index (χ0n) is 9.11. The van der Waals surface area contributed by atoms with Gasteiger partial charge in [0.05, 0.1) is 24.2 Å². The van der Waals surface area contributed by atoms with Gasteiger partial charge in [-0.1, -0.05) is 0 Å². The molecule has 0 fully saturated rings. The SMILES string of the molecule is N#Cc1ccc(F)cc1CNCc1ccoc1. The highest BCUT2D eigenvalue weighted by Crippen LogP contribution is 2.10. The molecule has 0 bridgehead atoms. The summed E-state index contributed by atoms with van der Waals surface area (Å²) in [6, 6.07) is 8.05. The van der Waals surface area contributed by atoms with Crippen molar-refractivity contribution in [3.05, 3.63) is 59.3 Å². The van der Waals surface area contributed by atoms with Gasteiger partial charge in [0.1, 0.15) is 5.82 Å². The second-order valence-electron chi connectivity index (χ2n) is 3.65. The van der Waals surface area contributed by atoms with Crippen LogP contribution in [0.4, 0.5) is 4.39 Å². The van der Waals surface area contributed by atoms with Crippen LogP contribution in [-0.4, -0.2) is 0 Å². The fourth-order valence-electron chi connectivity index (χ4n) is 1.55. The summed E-state index contributed by atoms with van der Waals surface area (Å²) in [6.45, 7) is 1.07. The molecule has 1 heterocycles. The molecule has 3 nitrogen and oxygen atoms in total. The van der Waals surface area contributed by atoms with E-state index in [1.165, 1.54) is 18.2 Å². The van der Waals surface area contributed by atoms with E-state index < -0.39 is 0 Å². The van der Waals surface area contributed by atoms with Crippen LogP contribution in [0.1, 0.15) is 16.7 Å². The van der Waals surface area contributed by atoms with Crippen LogP contribution in [0.15, 0.2) is 41.2 Å². The first-order valence-electron chi connectivity index (χ1n) is 5.20. The Hall–Kier alpha value is -2.12. The molecule has 17 heavy (non-hydrogen) atoms. The number of rotatable bonds is 4. The Kier molecular flexibility index (Phi) is 3.53. The fraction of sp³-hybridized carbons (Fsp3) is 0.154. The number of hydrogen-bond acceptors (Lipinski definition) is 3. The molecule has 0 aliphatic rings. The lowest BCUT2D eigenvalue weighted by molar-refractivity contribution is 0.560. The fourth-order valence-corrected chi connectivity index (χ4v) is 1.55. The maximum atomic E-state index is 13.0. The molecule has 0 radical (unpaired) electrons. The molecular formula is C13H11FN2O. The second kappa shape index (κ2) is 5.28. The standard InChI is InChI=1S/C13H11FN2O/c14-13-2-1-11(6-15)12(5-13)8-16-7-10-3-4-17-9-10/h1-5,9,16H,7-8H2. The summed E-state index contributed by atoms with van der Waals surface area (Å²) in [7, 11) is 0. The molecule has 1 aromatic carbocycles. The smallest absolute Gasteiger partial charge is 0.123 e. The van der Waals surface area contributed by atoms with Gasteiger partial charge in [-0.05, 0) is 29.8 Å². The molecule has 0 saturated carbocycles. The number of benzene rings is 1. The van der Waals surface area contributed by atoms with Crippen molar-refractivity contribution in [2.24, 2.45) is 0 Å². The van der Waals surface area contributed by atoms with Crippen LogP contribution in [-0.2, 0) is 13.1 Å². The van der Waals surface area contributed by atoms with Crippen molar-refractivity contribution >= 4 is 0 Å². The Balaban J connectivity index is 1.99. The average Bonchev–Trinajstić information content (AvgIpc) is 2.82. The average molecular weight is 230 g/mol. The minimum Gasteiger partial charge on any atom is -0.472 e. The number of nitriles is 1. The van der Waals surface area contributed by atoms with Crippen molar-refractivity contribution in [1.29, 1.82) is 5.26 Å². The number of halogens is 1. The van der Waals surface area contributed by atoms with Crippen LogP contribution in [0.25, 0.3) is 0 Å². The summed E-state index contributed by atoms with van der Waals surface area (Å²) in [5.74, 6) is -0.330. The van der Waals surface area contributed by atoms with Gasteiger partial charge in [-0.3, -0.25) is 0 Å². The summed E-state index contributed by atoms with van der Waals surface area (Å²) in [4.78, 5) is 0. The number of hydrogen-bond donors (Lipinski definition) is 1. The Morgan fingerprint density at radius 1 is 1.29 bits per heavy atom. The van der Waals surface area contributed by atoms with Crippen molar-refractivity contribution in [2.45, 2.75) is 13.1 Å². The van der Waals surface area contributed by atoms with Gasteiger partial charge in [-0.15, -0.1) is 0 Å². The van der Waals surface area contributed by atoms with Crippen LogP contribution in [0.2, 0.25) is 0 Å². The van der Waals surface area contributed by atoms with E-state index in [1.54, 1.807) is 12.5 Å². The van der Waals surface area contributed by atoms with Crippen LogP contribution in [0.3, 0.4) is 0 Å². The summed E-state index contributed by atoms with van der Waals surface area (Å²) < 4.78 is 18.0. The van der Waals surface area contributed by atoms with Crippen molar-refractivity contribution in [3.63, 3.8) is 0 Å². The van der Waals surface area contributed by atoms with Crippen LogP contribution in [0, 0.1) is 17.1 Å². The van der Waals surface area contributed by atoms with E-state index in [9.17, 15) is 4.39 Å². The van der Waals surface area contributed by atoms with Gasteiger partial charge in [0.2, 0.25) is 0 Å². The van der Waals surface area contributed by atoms with E-state index in [1.807, 2.05) is 12.1 Å². The molecule has 2 rings (SSSR count). The number of furan rings is 1. The number of nitrogens with one attached hydrogen (secondary N) is 1. The van der Waals surface area contributed by atoms with Gasteiger partial charge in [-0.25, -0.2) is 4.39 Å². The maximum absolute atomic E-state index is 13.0. The molecule has 0 atom stereocenters. The van der Waals surface area contributed by atoms with E-state index in [2.05, 4.69) is 5.32 Å². The largest absolute Gasteiger partial charge is 0.472 e. The molecule has 2 aromatic rings. The lowest BCUT2D eigenvalue weighted by Crippen LogP contribution is -2.13. The molecule has 0 unspecified atom stereocenters. The molecule has 0 aliphatic carbocycles. The first kappa shape index (κ1) is 11.4. The number of nitrogens with zero attached hydrogens (tertiary/aromatic N) is 1.